The van der Waals surface area contributed by atoms with E-state index in [2.05, 4.69) is 5.10 Å². The first-order valence-electron chi connectivity index (χ1n) is 5.12. The van der Waals surface area contributed by atoms with Gasteiger partial charge in [-0.25, -0.2) is 0 Å². The van der Waals surface area contributed by atoms with Crippen molar-refractivity contribution in [2.24, 2.45) is 7.05 Å². The molecule has 0 bridgehead atoms. The van der Waals surface area contributed by atoms with Crippen LogP contribution in [0.15, 0.2) is 34.9 Å². The molecule has 0 saturated carbocycles. The van der Waals surface area contributed by atoms with Gasteiger partial charge in [0.1, 0.15) is 5.69 Å². The lowest BCUT2D eigenvalue weighted by Crippen LogP contribution is -1.94. The van der Waals surface area contributed by atoms with Gasteiger partial charge in [-0.1, -0.05) is 23.7 Å². The fraction of sp³-hybridized carbons (Fsp3) is 0.0833. The van der Waals surface area contributed by atoms with Gasteiger partial charge in [0.05, 0.1) is 16.9 Å². The fourth-order valence-electron chi connectivity index (χ4n) is 1.90. The summed E-state index contributed by atoms with van der Waals surface area (Å²) in [5.74, 6) is 0.672. The maximum absolute atomic E-state index is 6.06. The van der Waals surface area contributed by atoms with Crippen molar-refractivity contribution in [2.45, 2.75) is 0 Å². The van der Waals surface area contributed by atoms with Gasteiger partial charge in [-0.05, 0) is 12.1 Å². The number of hydrogen-bond acceptors (Lipinski definition) is 3. The molecular weight excluding hydrogens is 238 g/mol. The minimum Gasteiger partial charge on any atom is -0.453 e. The number of anilines is 1. The van der Waals surface area contributed by atoms with Crippen molar-refractivity contribution in [3.63, 3.8) is 0 Å². The maximum Gasteiger partial charge on any atom is 0.155 e. The summed E-state index contributed by atoms with van der Waals surface area (Å²) in [5.41, 5.74) is 7.88. The van der Waals surface area contributed by atoms with Crippen LogP contribution in [0.3, 0.4) is 0 Å². The summed E-state index contributed by atoms with van der Waals surface area (Å²) in [6.45, 7) is 0. The molecule has 5 heteroatoms. The standard InChI is InChI=1S/C12H10ClN3O/c1-16-11(9(14)6-15-16)10-5-7-3-2-4-8(13)12(7)17-10/h2-6H,14H2,1H3. The summed E-state index contributed by atoms with van der Waals surface area (Å²) in [6.07, 6.45) is 1.60. The first-order valence-corrected chi connectivity index (χ1v) is 5.50. The highest BCUT2D eigenvalue weighted by atomic mass is 35.5. The SMILES string of the molecule is Cn1ncc(N)c1-c1cc2cccc(Cl)c2o1. The van der Waals surface area contributed by atoms with Crippen LogP contribution < -0.4 is 5.73 Å². The maximum atomic E-state index is 6.06. The summed E-state index contributed by atoms with van der Waals surface area (Å²) < 4.78 is 7.41. The largest absolute Gasteiger partial charge is 0.453 e. The van der Waals surface area contributed by atoms with Crippen LogP contribution in [-0.4, -0.2) is 9.78 Å². The lowest BCUT2D eigenvalue weighted by Gasteiger charge is -1.98. The molecule has 0 spiro atoms. The zero-order valence-electron chi connectivity index (χ0n) is 9.14. The van der Waals surface area contributed by atoms with Gasteiger partial charge in [-0.3, -0.25) is 4.68 Å². The van der Waals surface area contributed by atoms with E-state index in [1.54, 1.807) is 16.9 Å². The third-order valence-corrected chi connectivity index (χ3v) is 2.99. The van der Waals surface area contributed by atoms with Gasteiger partial charge in [0.2, 0.25) is 0 Å². The average Bonchev–Trinajstić information content (AvgIpc) is 2.84. The van der Waals surface area contributed by atoms with Gasteiger partial charge in [0.15, 0.2) is 11.3 Å². The molecule has 0 aliphatic heterocycles. The molecule has 2 heterocycles. The van der Waals surface area contributed by atoms with Gasteiger partial charge < -0.3 is 10.2 Å². The number of aryl methyl sites for hydroxylation is 1. The second kappa shape index (κ2) is 3.53. The van der Waals surface area contributed by atoms with E-state index in [0.29, 0.717) is 22.1 Å². The summed E-state index contributed by atoms with van der Waals surface area (Å²) in [6, 6.07) is 7.54. The number of rotatable bonds is 1. The second-order valence-electron chi connectivity index (χ2n) is 3.84. The minimum absolute atomic E-state index is 0.586. The van der Waals surface area contributed by atoms with Crippen molar-refractivity contribution < 1.29 is 4.42 Å². The van der Waals surface area contributed by atoms with Gasteiger partial charge in [0.25, 0.3) is 0 Å². The van der Waals surface area contributed by atoms with Gasteiger partial charge in [0, 0.05) is 12.4 Å². The zero-order chi connectivity index (χ0) is 12.0. The van der Waals surface area contributed by atoms with E-state index < -0.39 is 0 Å². The Labute approximate surface area is 103 Å². The molecule has 0 radical (unpaired) electrons. The summed E-state index contributed by atoms with van der Waals surface area (Å²) in [5, 5.41) is 5.63. The molecule has 0 fully saturated rings. The Kier molecular flexibility index (Phi) is 2.12. The number of nitrogen functional groups attached to an aromatic ring is 1. The molecule has 17 heavy (non-hydrogen) atoms. The topological polar surface area (TPSA) is 57.0 Å². The number of nitrogens with two attached hydrogens (primary N) is 1. The van der Waals surface area contributed by atoms with Gasteiger partial charge in [-0.2, -0.15) is 5.10 Å². The van der Waals surface area contributed by atoms with Gasteiger partial charge >= 0.3 is 0 Å². The molecule has 1 aromatic carbocycles. The number of hydrogen-bond donors (Lipinski definition) is 1. The van der Waals surface area contributed by atoms with Crippen LogP contribution in [0.1, 0.15) is 0 Å². The molecule has 2 aromatic heterocycles. The predicted octanol–water partition coefficient (Wildman–Crippen LogP) is 3.07. The summed E-state index contributed by atoms with van der Waals surface area (Å²) in [4.78, 5) is 0. The van der Waals surface area contributed by atoms with Crippen molar-refractivity contribution in [3.8, 4) is 11.5 Å². The number of para-hydroxylation sites is 1. The number of nitrogens with zero attached hydrogens (tertiary/aromatic N) is 2. The van der Waals surface area contributed by atoms with E-state index in [1.807, 2.05) is 25.2 Å². The summed E-state index contributed by atoms with van der Waals surface area (Å²) in [7, 11) is 1.82. The third-order valence-electron chi connectivity index (χ3n) is 2.70. The second-order valence-corrected chi connectivity index (χ2v) is 4.25. The third kappa shape index (κ3) is 1.49. The van der Waals surface area contributed by atoms with Crippen molar-refractivity contribution in [1.29, 1.82) is 0 Å². The molecule has 3 rings (SSSR count). The molecular formula is C12H10ClN3O. The molecule has 0 unspecified atom stereocenters. The lowest BCUT2D eigenvalue weighted by atomic mass is 10.2. The van der Waals surface area contributed by atoms with Crippen LogP contribution in [-0.2, 0) is 7.05 Å². The van der Waals surface area contributed by atoms with Crippen LogP contribution in [0.4, 0.5) is 5.69 Å². The molecule has 0 saturated heterocycles. The van der Waals surface area contributed by atoms with E-state index >= 15 is 0 Å². The molecule has 3 aromatic rings. The smallest absolute Gasteiger partial charge is 0.155 e. The molecule has 2 N–H and O–H groups in total. The Bertz CT molecular complexity index is 679. The van der Waals surface area contributed by atoms with E-state index in [0.717, 1.165) is 11.1 Å². The van der Waals surface area contributed by atoms with Crippen LogP contribution in [0.5, 0.6) is 0 Å². The summed E-state index contributed by atoms with van der Waals surface area (Å²) >= 11 is 6.06. The van der Waals surface area contributed by atoms with Crippen LogP contribution in [0.2, 0.25) is 5.02 Å². The molecule has 0 aliphatic carbocycles. The van der Waals surface area contributed by atoms with Crippen LogP contribution in [0, 0.1) is 0 Å². The number of aromatic nitrogens is 2. The number of fused-ring (bicyclic) bond motifs is 1. The minimum atomic E-state index is 0.586. The molecule has 0 aliphatic rings. The Hall–Kier alpha value is -1.94. The molecule has 86 valence electrons. The number of halogens is 1. The molecule has 0 amide bonds. The quantitative estimate of drug-likeness (QED) is 0.719. The Morgan fingerprint density at radius 2 is 2.24 bits per heavy atom. The average molecular weight is 248 g/mol. The number of furan rings is 1. The highest BCUT2D eigenvalue weighted by molar-refractivity contribution is 6.34. The zero-order valence-corrected chi connectivity index (χ0v) is 9.90. The van der Waals surface area contributed by atoms with E-state index in [-0.39, 0.29) is 0 Å². The Morgan fingerprint density at radius 1 is 1.41 bits per heavy atom. The van der Waals surface area contributed by atoms with Crippen LogP contribution >= 0.6 is 11.6 Å². The lowest BCUT2D eigenvalue weighted by molar-refractivity contribution is 0.618. The normalized spacial score (nSPS) is 11.2. The van der Waals surface area contributed by atoms with Crippen molar-refractivity contribution in [2.75, 3.05) is 5.73 Å². The fourth-order valence-corrected chi connectivity index (χ4v) is 2.12. The van der Waals surface area contributed by atoms with Crippen molar-refractivity contribution >= 4 is 28.3 Å². The predicted molar refractivity (Wildman–Crippen MR) is 67.8 cm³/mol. The highest BCUT2D eigenvalue weighted by Crippen LogP contribution is 2.33. The first-order chi connectivity index (χ1) is 8.16. The van der Waals surface area contributed by atoms with E-state index in [4.69, 9.17) is 21.8 Å². The number of benzene rings is 1. The molecule has 0 atom stereocenters. The highest BCUT2D eigenvalue weighted by Gasteiger charge is 2.14. The first kappa shape index (κ1) is 10.2. The monoisotopic (exact) mass is 247 g/mol. The van der Waals surface area contributed by atoms with E-state index in [9.17, 15) is 0 Å². The molecule has 4 nitrogen and oxygen atoms in total. The van der Waals surface area contributed by atoms with Crippen molar-refractivity contribution in [3.05, 3.63) is 35.5 Å². The van der Waals surface area contributed by atoms with Gasteiger partial charge in [-0.15, -0.1) is 0 Å². The Balaban J connectivity index is 2.29. The Morgan fingerprint density at radius 3 is 2.88 bits per heavy atom. The van der Waals surface area contributed by atoms with Crippen LogP contribution in [0.25, 0.3) is 22.4 Å². The van der Waals surface area contributed by atoms with E-state index in [1.165, 1.54) is 0 Å². The van der Waals surface area contributed by atoms with Crippen molar-refractivity contribution in [1.82, 2.24) is 9.78 Å².